The van der Waals surface area contributed by atoms with Gasteiger partial charge in [0.2, 0.25) is 0 Å². The number of rotatable bonds is 5. The molecule has 0 amide bonds. The highest BCUT2D eigenvalue weighted by Gasteiger charge is 2.33. The maximum absolute atomic E-state index is 12.3. The Hall–Kier alpha value is -1.31. The summed E-state index contributed by atoms with van der Waals surface area (Å²) in [6, 6.07) is 0. The van der Waals surface area contributed by atoms with E-state index in [2.05, 4.69) is 15.3 Å². The molecule has 0 radical (unpaired) electrons. The van der Waals surface area contributed by atoms with Gasteiger partial charge in [0.15, 0.2) is 11.7 Å². The molecule has 4 nitrogen and oxygen atoms in total. The summed E-state index contributed by atoms with van der Waals surface area (Å²) in [5, 5.41) is 4.29. The Labute approximate surface area is 113 Å². The van der Waals surface area contributed by atoms with E-state index in [4.69, 9.17) is 5.73 Å². The molecule has 0 aliphatic rings. The second-order valence-corrected chi connectivity index (χ2v) is 5.36. The zero-order valence-corrected chi connectivity index (χ0v) is 11.6. The van der Waals surface area contributed by atoms with Crippen LogP contribution in [0.2, 0.25) is 0 Å². The standard InChI is InChI=1S/C11H17F3N4S/c1-7(2)5-17-10(15)16-4-3-9-18-8(6-19-9)11(12,13)14/h6-7H,3-5H2,1-2H3,(H3,15,16,17). The first kappa shape index (κ1) is 15.7. The summed E-state index contributed by atoms with van der Waals surface area (Å²) in [5.41, 5.74) is 4.76. The Kier molecular flexibility index (Phi) is 5.59. The molecule has 3 N–H and O–H groups in total. The summed E-state index contributed by atoms with van der Waals surface area (Å²) in [7, 11) is 0. The van der Waals surface area contributed by atoms with Gasteiger partial charge >= 0.3 is 6.18 Å². The number of guanidine groups is 1. The van der Waals surface area contributed by atoms with Crippen molar-refractivity contribution in [1.82, 2.24) is 10.3 Å². The van der Waals surface area contributed by atoms with E-state index in [-0.39, 0.29) is 0 Å². The van der Waals surface area contributed by atoms with Gasteiger partial charge in [0.05, 0.1) is 5.01 Å². The van der Waals surface area contributed by atoms with Crippen LogP contribution in [0.4, 0.5) is 13.2 Å². The highest BCUT2D eigenvalue weighted by atomic mass is 32.1. The maximum Gasteiger partial charge on any atom is 0.434 e. The van der Waals surface area contributed by atoms with Crippen molar-refractivity contribution in [3.63, 3.8) is 0 Å². The van der Waals surface area contributed by atoms with Crippen LogP contribution in [0.25, 0.3) is 0 Å². The molecule has 1 aromatic rings. The molecular weight excluding hydrogens is 277 g/mol. The van der Waals surface area contributed by atoms with Crippen LogP contribution in [0.15, 0.2) is 10.4 Å². The van der Waals surface area contributed by atoms with Gasteiger partial charge < -0.3 is 11.1 Å². The molecule has 0 aliphatic heterocycles. The number of thiazole rings is 1. The van der Waals surface area contributed by atoms with Crippen LogP contribution in [0, 0.1) is 5.92 Å². The summed E-state index contributed by atoms with van der Waals surface area (Å²) in [5.74, 6) is 0.718. The lowest BCUT2D eigenvalue weighted by Gasteiger charge is -2.05. The third-order valence-corrected chi connectivity index (χ3v) is 3.02. The summed E-state index contributed by atoms with van der Waals surface area (Å²) >= 11 is 0.995. The van der Waals surface area contributed by atoms with Crippen molar-refractivity contribution < 1.29 is 13.2 Å². The number of nitrogens with two attached hydrogens (primary N) is 1. The van der Waals surface area contributed by atoms with E-state index in [1.807, 2.05) is 13.8 Å². The monoisotopic (exact) mass is 294 g/mol. The Bertz CT molecular complexity index is 426. The second kappa shape index (κ2) is 6.74. The minimum absolute atomic E-state index is 0.307. The Morgan fingerprint density at radius 3 is 2.74 bits per heavy atom. The van der Waals surface area contributed by atoms with Crippen LogP contribution in [-0.2, 0) is 12.6 Å². The third-order valence-electron chi connectivity index (χ3n) is 2.11. The van der Waals surface area contributed by atoms with Gasteiger partial charge in [-0.2, -0.15) is 13.2 Å². The molecule has 0 aromatic carbocycles. The van der Waals surface area contributed by atoms with Gasteiger partial charge in [0.1, 0.15) is 0 Å². The molecule has 0 unspecified atom stereocenters. The predicted octanol–water partition coefficient (Wildman–Crippen LogP) is 2.26. The van der Waals surface area contributed by atoms with Crippen molar-refractivity contribution in [3.05, 3.63) is 16.1 Å². The number of hydrogen-bond acceptors (Lipinski definition) is 3. The fraction of sp³-hybridized carbons (Fsp3) is 0.636. The number of aromatic nitrogens is 1. The lowest BCUT2D eigenvalue weighted by atomic mass is 10.2. The molecule has 108 valence electrons. The van der Waals surface area contributed by atoms with Gasteiger partial charge in [0.25, 0.3) is 0 Å². The average Bonchev–Trinajstić information content (AvgIpc) is 2.74. The number of aliphatic imine (C=N–C) groups is 1. The van der Waals surface area contributed by atoms with E-state index in [9.17, 15) is 13.2 Å². The van der Waals surface area contributed by atoms with Crippen LogP contribution >= 0.6 is 11.3 Å². The number of alkyl halides is 3. The molecule has 0 spiro atoms. The lowest BCUT2D eigenvalue weighted by Crippen LogP contribution is -2.33. The lowest BCUT2D eigenvalue weighted by molar-refractivity contribution is -0.140. The topological polar surface area (TPSA) is 63.3 Å². The van der Waals surface area contributed by atoms with Crippen molar-refractivity contribution in [1.29, 1.82) is 0 Å². The molecule has 0 bridgehead atoms. The van der Waals surface area contributed by atoms with Crippen molar-refractivity contribution >= 4 is 17.3 Å². The molecule has 0 fully saturated rings. The van der Waals surface area contributed by atoms with Gasteiger partial charge in [-0.15, -0.1) is 11.3 Å². The highest BCUT2D eigenvalue weighted by Crippen LogP contribution is 2.29. The smallest absolute Gasteiger partial charge is 0.370 e. The van der Waals surface area contributed by atoms with Crippen LogP contribution in [0.5, 0.6) is 0 Å². The average molecular weight is 294 g/mol. The first-order valence-electron chi connectivity index (χ1n) is 5.84. The summed E-state index contributed by atoms with van der Waals surface area (Å²) in [6.45, 7) is 5.07. The van der Waals surface area contributed by atoms with E-state index < -0.39 is 11.9 Å². The largest absolute Gasteiger partial charge is 0.434 e. The molecule has 0 saturated carbocycles. The first-order valence-corrected chi connectivity index (χ1v) is 6.72. The van der Waals surface area contributed by atoms with Gasteiger partial charge in [-0.3, -0.25) is 4.99 Å². The van der Waals surface area contributed by atoms with Gasteiger partial charge in [-0.25, -0.2) is 4.98 Å². The van der Waals surface area contributed by atoms with Gasteiger partial charge in [0, 0.05) is 24.9 Å². The number of nitrogens with one attached hydrogen (secondary N) is 1. The van der Waals surface area contributed by atoms with Crippen molar-refractivity contribution in [3.8, 4) is 0 Å². The van der Waals surface area contributed by atoms with Crippen molar-refractivity contribution in [2.24, 2.45) is 16.6 Å². The van der Waals surface area contributed by atoms with E-state index in [0.29, 0.717) is 36.4 Å². The van der Waals surface area contributed by atoms with E-state index in [0.717, 1.165) is 16.7 Å². The van der Waals surface area contributed by atoms with E-state index in [1.165, 1.54) is 0 Å². The van der Waals surface area contributed by atoms with E-state index in [1.54, 1.807) is 0 Å². The molecule has 19 heavy (non-hydrogen) atoms. The molecular formula is C11H17F3N4S. The van der Waals surface area contributed by atoms with Gasteiger partial charge in [-0.1, -0.05) is 13.8 Å². The molecule has 8 heteroatoms. The Balaban J connectivity index is 2.37. The molecule has 0 atom stereocenters. The van der Waals surface area contributed by atoms with Crippen LogP contribution in [-0.4, -0.2) is 24.0 Å². The quantitative estimate of drug-likeness (QED) is 0.647. The Morgan fingerprint density at radius 2 is 2.21 bits per heavy atom. The molecule has 1 rings (SSSR count). The molecule has 1 aromatic heterocycles. The number of nitrogens with zero attached hydrogens (tertiary/aromatic N) is 2. The second-order valence-electron chi connectivity index (χ2n) is 4.42. The molecule has 1 heterocycles. The highest BCUT2D eigenvalue weighted by molar-refractivity contribution is 7.09. The minimum Gasteiger partial charge on any atom is -0.370 e. The summed E-state index contributed by atoms with van der Waals surface area (Å²) < 4.78 is 37.0. The van der Waals surface area contributed by atoms with Crippen molar-refractivity contribution in [2.75, 3.05) is 13.1 Å². The molecule has 0 aliphatic carbocycles. The van der Waals surface area contributed by atoms with Crippen molar-refractivity contribution in [2.45, 2.75) is 26.4 Å². The SMILES string of the molecule is CC(C)CN=C(N)NCCc1nc(C(F)(F)F)cs1. The van der Waals surface area contributed by atoms with Crippen LogP contribution < -0.4 is 11.1 Å². The first-order chi connectivity index (χ1) is 8.79. The van der Waals surface area contributed by atoms with Crippen LogP contribution in [0.3, 0.4) is 0 Å². The number of halogens is 3. The minimum atomic E-state index is -4.38. The number of hydrogen-bond donors (Lipinski definition) is 2. The predicted molar refractivity (Wildman–Crippen MR) is 70.2 cm³/mol. The zero-order chi connectivity index (χ0) is 14.5. The molecule has 0 saturated heterocycles. The summed E-state index contributed by atoms with van der Waals surface area (Å²) in [6.07, 6.45) is -3.99. The Morgan fingerprint density at radius 1 is 1.53 bits per heavy atom. The summed E-state index contributed by atoms with van der Waals surface area (Å²) in [4.78, 5) is 7.61. The normalized spacial score (nSPS) is 13.1. The van der Waals surface area contributed by atoms with E-state index >= 15 is 0 Å². The van der Waals surface area contributed by atoms with Crippen LogP contribution in [0.1, 0.15) is 24.5 Å². The fourth-order valence-electron chi connectivity index (χ4n) is 1.19. The third kappa shape index (κ3) is 5.91. The zero-order valence-electron chi connectivity index (χ0n) is 10.8. The van der Waals surface area contributed by atoms with Gasteiger partial charge in [-0.05, 0) is 5.92 Å². The maximum atomic E-state index is 12.3. The fourth-order valence-corrected chi connectivity index (χ4v) is 2.00.